The van der Waals surface area contributed by atoms with Crippen molar-refractivity contribution in [2.24, 2.45) is 5.41 Å². The van der Waals surface area contributed by atoms with Gasteiger partial charge in [-0.3, -0.25) is 5.10 Å². The Labute approximate surface area is 169 Å². The molecule has 7 heteroatoms. The third-order valence-corrected chi connectivity index (χ3v) is 4.43. The molecule has 0 fully saturated rings. The van der Waals surface area contributed by atoms with E-state index in [0.717, 1.165) is 39.2 Å². The van der Waals surface area contributed by atoms with Gasteiger partial charge in [-0.1, -0.05) is 12.0 Å². The molecule has 0 aliphatic heterocycles. The molecule has 3 aromatic heterocycles. The number of hydrogen-bond acceptors (Lipinski definition) is 5. The second-order valence-corrected chi connectivity index (χ2v) is 7.98. The minimum atomic E-state index is -0.110. The van der Waals surface area contributed by atoms with Gasteiger partial charge in [0.05, 0.1) is 23.1 Å². The topological polar surface area (TPSA) is 97.4 Å². The number of rotatable bonds is 3. The number of aromatic nitrogens is 5. The predicted molar refractivity (Wildman–Crippen MR) is 117 cm³/mol. The Kier molecular flexibility index (Phi) is 4.47. The van der Waals surface area contributed by atoms with Crippen LogP contribution in [0.15, 0.2) is 42.7 Å². The van der Waals surface area contributed by atoms with E-state index in [1.807, 2.05) is 37.3 Å². The molecule has 0 aliphatic carbocycles. The van der Waals surface area contributed by atoms with E-state index in [1.54, 1.807) is 17.1 Å². The lowest BCUT2D eigenvalue weighted by Crippen LogP contribution is -2.02. The number of aromatic amines is 1. The summed E-state index contributed by atoms with van der Waals surface area (Å²) in [6.45, 7) is 8.14. The minimum absolute atomic E-state index is 0.110. The Morgan fingerprint density at radius 1 is 1.14 bits per heavy atom. The molecule has 4 N–H and O–H groups in total. The Balaban J connectivity index is 1.70. The van der Waals surface area contributed by atoms with Crippen molar-refractivity contribution in [3.05, 3.63) is 48.4 Å². The van der Waals surface area contributed by atoms with E-state index < -0.39 is 0 Å². The van der Waals surface area contributed by atoms with Gasteiger partial charge >= 0.3 is 0 Å². The summed E-state index contributed by atoms with van der Waals surface area (Å²) in [5.41, 5.74) is 10.9. The number of aryl methyl sites for hydroxylation is 1. The number of nitrogen functional groups attached to an aromatic ring is 1. The highest BCUT2D eigenvalue weighted by Crippen LogP contribution is 2.29. The zero-order chi connectivity index (χ0) is 20.6. The van der Waals surface area contributed by atoms with Crippen LogP contribution in [0, 0.1) is 24.3 Å². The summed E-state index contributed by atoms with van der Waals surface area (Å²) in [7, 11) is 0. The highest BCUT2D eigenvalue weighted by Gasteiger charge is 2.11. The standard InChI is InChI=1S/C22H23N7/c1-14-18(13-25-27-14)26-20-12-16(7-9-24-20)15-5-6-19-17(11-15)21(23)28-29(19)10-8-22(2,3)4/h5-7,9,11-13H,1-4H3,(H2,23,28)(H,24,26)(H,25,27). The van der Waals surface area contributed by atoms with Crippen molar-refractivity contribution >= 4 is 28.2 Å². The number of fused-ring (bicyclic) bond motifs is 1. The van der Waals surface area contributed by atoms with Crippen molar-refractivity contribution < 1.29 is 0 Å². The molecule has 1 aromatic carbocycles. The van der Waals surface area contributed by atoms with Gasteiger partial charge in [0, 0.05) is 23.0 Å². The van der Waals surface area contributed by atoms with Crippen molar-refractivity contribution in [1.82, 2.24) is 25.0 Å². The molecule has 29 heavy (non-hydrogen) atoms. The molecule has 0 amide bonds. The van der Waals surface area contributed by atoms with Crippen molar-refractivity contribution in [3.8, 4) is 23.1 Å². The number of benzene rings is 1. The maximum atomic E-state index is 6.17. The molecular weight excluding hydrogens is 362 g/mol. The van der Waals surface area contributed by atoms with Gasteiger partial charge in [0.1, 0.15) is 5.82 Å². The minimum Gasteiger partial charge on any atom is -0.382 e. The van der Waals surface area contributed by atoms with Gasteiger partial charge in [-0.15, -0.1) is 5.10 Å². The molecule has 0 saturated carbocycles. The lowest BCUT2D eigenvalue weighted by molar-refractivity contribution is 0.569. The summed E-state index contributed by atoms with van der Waals surface area (Å²) in [6, 6.07) is 13.1. The highest BCUT2D eigenvalue weighted by molar-refractivity contribution is 5.93. The first-order valence-electron chi connectivity index (χ1n) is 9.35. The molecule has 0 aliphatic rings. The van der Waals surface area contributed by atoms with Crippen LogP contribution < -0.4 is 11.1 Å². The number of hydrogen-bond donors (Lipinski definition) is 3. The maximum absolute atomic E-state index is 6.17. The number of nitrogens with zero attached hydrogens (tertiary/aromatic N) is 4. The summed E-state index contributed by atoms with van der Waals surface area (Å²) in [5, 5.41) is 15.5. The van der Waals surface area contributed by atoms with E-state index in [9.17, 15) is 0 Å². The summed E-state index contributed by atoms with van der Waals surface area (Å²) in [6.07, 6.45) is 3.52. The second-order valence-electron chi connectivity index (χ2n) is 7.98. The Bertz CT molecular complexity index is 1250. The van der Waals surface area contributed by atoms with Crippen LogP contribution >= 0.6 is 0 Å². The molecule has 0 bridgehead atoms. The smallest absolute Gasteiger partial charge is 0.154 e. The van der Waals surface area contributed by atoms with Crippen LogP contribution in [0.2, 0.25) is 0 Å². The molecule has 0 unspecified atom stereocenters. The first kappa shape index (κ1) is 18.6. The third-order valence-electron chi connectivity index (χ3n) is 4.43. The zero-order valence-electron chi connectivity index (χ0n) is 16.9. The van der Waals surface area contributed by atoms with Crippen LogP contribution in [-0.2, 0) is 0 Å². The van der Waals surface area contributed by atoms with Crippen LogP contribution in [0.4, 0.5) is 17.3 Å². The summed E-state index contributed by atoms with van der Waals surface area (Å²) in [5.74, 6) is 4.40. The van der Waals surface area contributed by atoms with Gasteiger partial charge in [0.15, 0.2) is 5.82 Å². The average molecular weight is 385 g/mol. The molecule has 146 valence electrons. The Morgan fingerprint density at radius 2 is 1.93 bits per heavy atom. The number of pyridine rings is 1. The van der Waals surface area contributed by atoms with E-state index in [4.69, 9.17) is 5.73 Å². The van der Waals surface area contributed by atoms with Crippen molar-refractivity contribution in [2.75, 3.05) is 11.1 Å². The molecule has 0 saturated heterocycles. The summed E-state index contributed by atoms with van der Waals surface area (Å²) in [4.78, 5) is 4.40. The van der Waals surface area contributed by atoms with Crippen LogP contribution in [0.1, 0.15) is 26.5 Å². The zero-order valence-corrected chi connectivity index (χ0v) is 16.9. The van der Waals surface area contributed by atoms with Crippen molar-refractivity contribution in [2.45, 2.75) is 27.7 Å². The molecule has 0 spiro atoms. The van der Waals surface area contributed by atoms with Gasteiger partial charge in [-0.25, -0.2) is 4.98 Å². The predicted octanol–water partition coefficient (Wildman–Crippen LogP) is 4.31. The largest absolute Gasteiger partial charge is 0.382 e. The normalized spacial score (nSPS) is 11.3. The third kappa shape index (κ3) is 3.92. The van der Waals surface area contributed by atoms with Gasteiger partial charge in [-0.2, -0.15) is 9.78 Å². The van der Waals surface area contributed by atoms with Gasteiger partial charge in [0.25, 0.3) is 0 Å². The molecule has 0 atom stereocenters. The van der Waals surface area contributed by atoms with Crippen LogP contribution in [0.25, 0.3) is 22.0 Å². The number of nitrogens with two attached hydrogens (primary N) is 1. The lowest BCUT2D eigenvalue weighted by atomic mass is 9.99. The first-order valence-corrected chi connectivity index (χ1v) is 9.35. The number of nitrogens with one attached hydrogen (secondary N) is 2. The van der Waals surface area contributed by atoms with Gasteiger partial charge < -0.3 is 11.1 Å². The molecule has 0 radical (unpaired) electrons. The molecular formula is C22H23N7. The summed E-state index contributed by atoms with van der Waals surface area (Å²) >= 11 is 0. The lowest BCUT2D eigenvalue weighted by Gasteiger charge is -2.07. The van der Waals surface area contributed by atoms with E-state index >= 15 is 0 Å². The van der Waals surface area contributed by atoms with Crippen LogP contribution in [0.5, 0.6) is 0 Å². The molecule has 4 rings (SSSR count). The first-order chi connectivity index (χ1) is 13.8. The van der Waals surface area contributed by atoms with Crippen LogP contribution in [0.3, 0.4) is 0 Å². The highest BCUT2D eigenvalue weighted by atomic mass is 15.3. The van der Waals surface area contributed by atoms with Crippen molar-refractivity contribution in [1.29, 1.82) is 0 Å². The fourth-order valence-electron chi connectivity index (χ4n) is 2.92. The van der Waals surface area contributed by atoms with Crippen molar-refractivity contribution in [3.63, 3.8) is 0 Å². The van der Waals surface area contributed by atoms with Gasteiger partial charge in [-0.05, 0) is 63.1 Å². The Hall–Kier alpha value is -3.79. The van der Waals surface area contributed by atoms with E-state index in [0.29, 0.717) is 5.82 Å². The quantitative estimate of drug-likeness (QED) is 0.457. The van der Waals surface area contributed by atoms with Crippen LogP contribution in [-0.4, -0.2) is 25.0 Å². The van der Waals surface area contributed by atoms with Gasteiger partial charge in [0.2, 0.25) is 0 Å². The maximum Gasteiger partial charge on any atom is 0.154 e. The second kappa shape index (κ2) is 6.99. The summed E-state index contributed by atoms with van der Waals surface area (Å²) < 4.78 is 1.65. The number of anilines is 3. The average Bonchev–Trinajstić information content (AvgIpc) is 3.22. The fraction of sp³-hybridized carbons (Fsp3) is 0.227. The monoisotopic (exact) mass is 385 g/mol. The van der Waals surface area contributed by atoms with E-state index in [1.165, 1.54) is 0 Å². The fourth-order valence-corrected chi connectivity index (χ4v) is 2.92. The molecule has 3 heterocycles. The SMILES string of the molecule is Cc1[nH]ncc1Nc1cc(-c2ccc3c(c2)c(N)nn3C#CC(C)(C)C)ccn1. The molecule has 7 nitrogen and oxygen atoms in total. The molecule has 4 aromatic rings. The van der Waals surface area contributed by atoms with E-state index in [2.05, 4.69) is 58.3 Å². The number of H-pyrrole nitrogens is 1. The van der Waals surface area contributed by atoms with E-state index in [-0.39, 0.29) is 5.41 Å². The Morgan fingerprint density at radius 3 is 2.66 bits per heavy atom.